The summed E-state index contributed by atoms with van der Waals surface area (Å²) < 4.78 is 13.2. The lowest BCUT2D eigenvalue weighted by atomic mass is 10.2. The predicted octanol–water partition coefficient (Wildman–Crippen LogP) is 2.26. The standard InChI is InChI=1S/C10H8BrFN2O2/c11-9-5-8(16-14-9)10(15)13-7-3-1-6(12)2-4-7/h1-4,8H,5H2,(H,13,15). The van der Waals surface area contributed by atoms with Crippen LogP contribution in [0.1, 0.15) is 6.42 Å². The van der Waals surface area contributed by atoms with E-state index in [1.807, 2.05) is 0 Å². The molecule has 4 nitrogen and oxygen atoms in total. The van der Waals surface area contributed by atoms with E-state index in [4.69, 9.17) is 4.84 Å². The normalized spacial score (nSPS) is 18.9. The zero-order chi connectivity index (χ0) is 11.5. The summed E-state index contributed by atoms with van der Waals surface area (Å²) >= 11 is 3.14. The Balaban J connectivity index is 1.95. The summed E-state index contributed by atoms with van der Waals surface area (Å²) in [4.78, 5) is 16.5. The third kappa shape index (κ3) is 2.57. The van der Waals surface area contributed by atoms with Gasteiger partial charge < -0.3 is 10.2 Å². The van der Waals surface area contributed by atoms with Crippen molar-refractivity contribution in [1.29, 1.82) is 0 Å². The fraction of sp³-hybridized carbons (Fsp3) is 0.200. The quantitative estimate of drug-likeness (QED) is 0.907. The second-order valence-corrected chi connectivity index (χ2v) is 4.18. The largest absolute Gasteiger partial charge is 0.381 e. The summed E-state index contributed by atoms with van der Waals surface area (Å²) in [6.45, 7) is 0. The number of rotatable bonds is 2. The molecule has 0 saturated heterocycles. The van der Waals surface area contributed by atoms with E-state index in [1.165, 1.54) is 24.3 Å². The molecule has 84 valence electrons. The molecule has 0 radical (unpaired) electrons. The molecule has 1 aromatic carbocycles. The van der Waals surface area contributed by atoms with Crippen LogP contribution in [0.3, 0.4) is 0 Å². The van der Waals surface area contributed by atoms with Crippen molar-refractivity contribution in [2.24, 2.45) is 5.16 Å². The van der Waals surface area contributed by atoms with Crippen LogP contribution in [0.4, 0.5) is 10.1 Å². The zero-order valence-electron chi connectivity index (χ0n) is 8.11. The minimum absolute atomic E-state index is 0.301. The average Bonchev–Trinajstić information content (AvgIpc) is 2.68. The van der Waals surface area contributed by atoms with Crippen LogP contribution >= 0.6 is 15.9 Å². The first-order valence-electron chi connectivity index (χ1n) is 4.60. The first-order valence-corrected chi connectivity index (χ1v) is 5.39. The van der Waals surface area contributed by atoms with Crippen LogP contribution in [-0.4, -0.2) is 16.6 Å². The Bertz CT molecular complexity index is 433. The van der Waals surface area contributed by atoms with Gasteiger partial charge in [0.15, 0.2) is 0 Å². The number of oxime groups is 1. The van der Waals surface area contributed by atoms with Crippen molar-refractivity contribution >= 4 is 32.1 Å². The third-order valence-electron chi connectivity index (χ3n) is 2.04. The Morgan fingerprint density at radius 2 is 2.19 bits per heavy atom. The van der Waals surface area contributed by atoms with E-state index in [-0.39, 0.29) is 11.7 Å². The molecule has 1 aliphatic rings. The van der Waals surface area contributed by atoms with E-state index >= 15 is 0 Å². The molecule has 16 heavy (non-hydrogen) atoms. The van der Waals surface area contributed by atoms with Crippen LogP contribution < -0.4 is 5.32 Å². The van der Waals surface area contributed by atoms with Crippen molar-refractivity contribution in [3.8, 4) is 0 Å². The number of carbonyl (C=O) groups excluding carboxylic acids is 1. The highest BCUT2D eigenvalue weighted by Crippen LogP contribution is 2.16. The summed E-state index contributed by atoms with van der Waals surface area (Å²) in [7, 11) is 0. The molecule has 1 N–H and O–H groups in total. The van der Waals surface area contributed by atoms with Crippen LogP contribution in [0.5, 0.6) is 0 Å². The maximum Gasteiger partial charge on any atom is 0.268 e. The second-order valence-electron chi connectivity index (χ2n) is 3.26. The summed E-state index contributed by atoms with van der Waals surface area (Å²) in [5, 5.41) is 6.21. The maximum atomic E-state index is 12.6. The second kappa shape index (κ2) is 4.61. The molecule has 0 aliphatic carbocycles. The molecule has 1 heterocycles. The Hall–Kier alpha value is -1.43. The lowest BCUT2D eigenvalue weighted by Gasteiger charge is -2.08. The highest BCUT2D eigenvalue weighted by atomic mass is 79.9. The molecule has 0 saturated carbocycles. The van der Waals surface area contributed by atoms with Crippen LogP contribution in [0.2, 0.25) is 0 Å². The zero-order valence-corrected chi connectivity index (χ0v) is 9.70. The van der Waals surface area contributed by atoms with Gasteiger partial charge in [0.2, 0.25) is 6.10 Å². The molecule has 2 rings (SSSR count). The molecule has 1 aliphatic heterocycles. The van der Waals surface area contributed by atoms with Gasteiger partial charge in [-0.1, -0.05) is 5.16 Å². The van der Waals surface area contributed by atoms with Crippen LogP contribution in [-0.2, 0) is 9.63 Å². The number of benzene rings is 1. The van der Waals surface area contributed by atoms with Gasteiger partial charge >= 0.3 is 0 Å². The van der Waals surface area contributed by atoms with Crippen molar-refractivity contribution in [3.05, 3.63) is 30.1 Å². The molecule has 1 atom stereocenters. The highest BCUT2D eigenvalue weighted by molar-refractivity contribution is 9.18. The minimum atomic E-state index is -0.626. The molecular formula is C10H8BrFN2O2. The number of amides is 1. The van der Waals surface area contributed by atoms with Gasteiger partial charge in [0.05, 0.1) is 0 Å². The number of halogens is 2. The number of carbonyl (C=O) groups is 1. The molecule has 1 amide bonds. The smallest absolute Gasteiger partial charge is 0.268 e. The monoisotopic (exact) mass is 286 g/mol. The van der Waals surface area contributed by atoms with Crippen molar-refractivity contribution in [1.82, 2.24) is 0 Å². The molecule has 0 bridgehead atoms. The fourth-order valence-electron chi connectivity index (χ4n) is 1.24. The Labute approximate surface area is 99.6 Å². The van der Waals surface area contributed by atoms with E-state index in [0.29, 0.717) is 16.7 Å². The first kappa shape index (κ1) is 11.1. The summed E-state index contributed by atoms with van der Waals surface area (Å²) in [5.74, 6) is -0.647. The van der Waals surface area contributed by atoms with Crippen molar-refractivity contribution in [2.45, 2.75) is 12.5 Å². The molecular weight excluding hydrogens is 279 g/mol. The van der Waals surface area contributed by atoms with Crippen molar-refractivity contribution < 1.29 is 14.0 Å². The van der Waals surface area contributed by atoms with Gasteiger partial charge in [-0.3, -0.25) is 4.79 Å². The predicted molar refractivity (Wildman–Crippen MR) is 60.9 cm³/mol. The van der Waals surface area contributed by atoms with Crippen LogP contribution in [0.15, 0.2) is 29.4 Å². The van der Waals surface area contributed by atoms with Crippen LogP contribution in [0, 0.1) is 5.82 Å². The van der Waals surface area contributed by atoms with E-state index in [0.717, 1.165) is 0 Å². The number of hydrogen-bond donors (Lipinski definition) is 1. The summed E-state index contributed by atoms with van der Waals surface area (Å²) in [5.41, 5.74) is 0.526. The molecule has 1 unspecified atom stereocenters. The minimum Gasteiger partial charge on any atom is -0.381 e. The summed E-state index contributed by atoms with van der Waals surface area (Å²) in [6.07, 6.45) is -0.216. The van der Waals surface area contributed by atoms with Gasteiger partial charge in [-0.05, 0) is 40.2 Å². The van der Waals surface area contributed by atoms with Crippen molar-refractivity contribution in [2.75, 3.05) is 5.32 Å². The molecule has 1 aromatic rings. The van der Waals surface area contributed by atoms with E-state index in [2.05, 4.69) is 26.4 Å². The lowest BCUT2D eigenvalue weighted by Crippen LogP contribution is -2.27. The van der Waals surface area contributed by atoms with Gasteiger partial charge in [0, 0.05) is 12.1 Å². The molecule has 6 heteroatoms. The van der Waals surface area contributed by atoms with Gasteiger partial charge in [0.1, 0.15) is 10.4 Å². The number of hydrogen-bond acceptors (Lipinski definition) is 3. The van der Waals surface area contributed by atoms with Gasteiger partial charge in [-0.2, -0.15) is 0 Å². The number of nitrogens with zero attached hydrogens (tertiary/aromatic N) is 1. The van der Waals surface area contributed by atoms with E-state index in [1.54, 1.807) is 0 Å². The SMILES string of the molecule is O=C(Nc1ccc(F)cc1)C1CC(Br)=NO1. The molecule has 0 spiro atoms. The Kier molecular flexibility index (Phi) is 3.19. The Morgan fingerprint density at radius 3 is 2.75 bits per heavy atom. The van der Waals surface area contributed by atoms with Gasteiger partial charge in [0.25, 0.3) is 5.91 Å². The van der Waals surface area contributed by atoms with Crippen molar-refractivity contribution in [3.63, 3.8) is 0 Å². The highest BCUT2D eigenvalue weighted by Gasteiger charge is 2.26. The first-order chi connectivity index (χ1) is 7.65. The summed E-state index contributed by atoms with van der Waals surface area (Å²) in [6, 6.07) is 5.52. The number of anilines is 1. The van der Waals surface area contributed by atoms with E-state index in [9.17, 15) is 9.18 Å². The van der Waals surface area contributed by atoms with Gasteiger partial charge in [-0.15, -0.1) is 0 Å². The van der Waals surface area contributed by atoms with Crippen LogP contribution in [0.25, 0.3) is 0 Å². The third-order valence-corrected chi connectivity index (χ3v) is 2.51. The maximum absolute atomic E-state index is 12.6. The van der Waals surface area contributed by atoms with E-state index < -0.39 is 6.10 Å². The molecule has 0 fully saturated rings. The lowest BCUT2D eigenvalue weighted by molar-refractivity contribution is -0.125. The topological polar surface area (TPSA) is 50.7 Å². The number of nitrogens with one attached hydrogen (secondary N) is 1. The average molecular weight is 287 g/mol. The molecule has 0 aromatic heterocycles. The fourth-order valence-corrected chi connectivity index (χ4v) is 1.62. The Morgan fingerprint density at radius 1 is 1.50 bits per heavy atom. The van der Waals surface area contributed by atoms with Gasteiger partial charge in [-0.25, -0.2) is 4.39 Å².